The van der Waals surface area contributed by atoms with E-state index >= 15 is 0 Å². The van der Waals surface area contributed by atoms with Crippen LogP contribution in [0.3, 0.4) is 0 Å². The standard InChI is InChI=1S/C24H20O4Si.C9H14OSi/c1-5-13-21(14-6-1)25-29(26-22-15-7-2-8-16-22,27-23-17-9-3-10-18-23)28-24-19-11-4-12-20-24;1-11(2,3)10-9-7-5-4-6-8-9/h1-20H;4-8H,1-3H3. The first-order chi connectivity index (χ1) is 19.4. The van der Waals surface area contributed by atoms with E-state index in [9.17, 15) is 0 Å². The molecule has 7 heteroatoms. The second-order valence-electron chi connectivity index (χ2n) is 9.69. The van der Waals surface area contributed by atoms with Gasteiger partial charge in [0.15, 0.2) is 0 Å². The molecular formula is C33H34O5Si2. The number of hydrogen-bond donors (Lipinski definition) is 0. The van der Waals surface area contributed by atoms with Gasteiger partial charge in [0, 0.05) is 0 Å². The van der Waals surface area contributed by atoms with Crippen LogP contribution in [0.5, 0.6) is 28.7 Å². The summed E-state index contributed by atoms with van der Waals surface area (Å²) in [7, 11) is -5.16. The number of rotatable bonds is 10. The maximum Gasteiger partial charge on any atom is 0.966 e. The van der Waals surface area contributed by atoms with Gasteiger partial charge in [0.05, 0.1) is 0 Å². The molecule has 0 aromatic heterocycles. The summed E-state index contributed by atoms with van der Waals surface area (Å²) in [5.41, 5.74) is 0. The van der Waals surface area contributed by atoms with Gasteiger partial charge in [0.2, 0.25) is 8.32 Å². The van der Waals surface area contributed by atoms with Crippen molar-refractivity contribution in [2.75, 3.05) is 0 Å². The minimum absolute atomic E-state index is 0.599. The Kier molecular flexibility index (Phi) is 10.0. The largest absolute Gasteiger partial charge is 0.966 e. The molecule has 0 unspecified atom stereocenters. The van der Waals surface area contributed by atoms with Crippen LogP contribution in [0.25, 0.3) is 0 Å². The lowest BCUT2D eigenvalue weighted by Gasteiger charge is -2.28. The van der Waals surface area contributed by atoms with Gasteiger partial charge in [0.25, 0.3) is 0 Å². The van der Waals surface area contributed by atoms with Gasteiger partial charge in [-0.2, -0.15) is 0 Å². The fourth-order valence-electron chi connectivity index (χ4n) is 3.50. The summed E-state index contributed by atoms with van der Waals surface area (Å²) >= 11 is 0. The third kappa shape index (κ3) is 9.69. The van der Waals surface area contributed by atoms with Crippen LogP contribution in [-0.2, 0) is 0 Å². The maximum absolute atomic E-state index is 6.29. The van der Waals surface area contributed by atoms with Crippen molar-refractivity contribution in [2.45, 2.75) is 19.6 Å². The Morgan fingerprint density at radius 1 is 0.300 bits per heavy atom. The van der Waals surface area contributed by atoms with Crippen molar-refractivity contribution in [1.82, 2.24) is 0 Å². The lowest BCUT2D eigenvalue weighted by atomic mass is 10.3. The first kappa shape index (κ1) is 28.5. The summed E-state index contributed by atoms with van der Waals surface area (Å²) in [5.74, 6) is 3.39. The van der Waals surface area contributed by atoms with Gasteiger partial charge in [0.1, 0.15) is 28.7 Å². The van der Waals surface area contributed by atoms with Gasteiger partial charge in [-0.15, -0.1) is 0 Å². The third-order valence-electron chi connectivity index (χ3n) is 5.11. The van der Waals surface area contributed by atoms with Crippen molar-refractivity contribution in [1.29, 1.82) is 0 Å². The molecule has 5 aromatic rings. The molecule has 0 aliphatic rings. The lowest BCUT2D eigenvalue weighted by molar-refractivity contribution is 0.161. The van der Waals surface area contributed by atoms with Crippen molar-refractivity contribution < 1.29 is 22.1 Å². The number of benzene rings is 5. The summed E-state index contributed by atoms with van der Waals surface area (Å²) in [6.45, 7) is 6.54. The number of para-hydroxylation sites is 5. The Bertz CT molecular complexity index is 1210. The third-order valence-corrected chi connectivity index (χ3v) is 7.90. The predicted octanol–water partition coefficient (Wildman–Crippen LogP) is 8.64. The van der Waals surface area contributed by atoms with Crippen molar-refractivity contribution in [3.8, 4) is 28.7 Å². The quantitative estimate of drug-likeness (QED) is 0.158. The normalized spacial score (nSPS) is 10.9. The maximum atomic E-state index is 6.29. The number of hydrogen-bond acceptors (Lipinski definition) is 5. The SMILES string of the molecule is C[Si](C)(C)Oc1ccccc1.c1ccc(O[Si](Oc2ccccc2)(Oc2ccccc2)Oc2ccccc2)cc1. The van der Waals surface area contributed by atoms with Crippen LogP contribution in [0, 0.1) is 0 Å². The predicted molar refractivity (Wildman–Crippen MR) is 164 cm³/mol. The van der Waals surface area contributed by atoms with Crippen LogP contribution in [0.15, 0.2) is 152 Å². The highest BCUT2D eigenvalue weighted by Gasteiger charge is 2.58. The fraction of sp³-hybridized carbons (Fsp3) is 0.0909. The van der Waals surface area contributed by atoms with Crippen LogP contribution >= 0.6 is 0 Å². The zero-order valence-electron chi connectivity index (χ0n) is 23.0. The van der Waals surface area contributed by atoms with E-state index in [2.05, 4.69) is 19.6 Å². The van der Waals surface area contributed by atoms with E-state index in [0.29, 0.717) is 23.0 Å². The molecule has 0 saturated carbocycles. The minimum Gasteiger partial charge on any atom is -0.544 e. The highest BCUT2D eigenvalue weighted by molar-refractivity contribution is 6.70. The van der Waals surface area contributed by atoms with Gasteiger partial charge < -0.3 is 22.1 Å². The molecule has 0 saturated heterocycles. The van der Waals surface area contributed by atoms with E-state index in [-0.39, 0.29) is 0 Å². The molecule has 0 bridgehead atoms. The summed E-state index contributed by atoms with van der Waals surface area (Å²) in [4.78, 5) is 0. The Labute approximate surface area is 239 Å². The highest BCUT2D eigenvalue weighted by atomic mass is 28.4. The summed E-state index contributed by atoms with van der Waals surface area (Å²) in [6, 6.07) is 47.6. The monoisotopic (exact) mass is 566 g/mol. The molecular weight excluding hydrogens is 533 g/mol. The van der Waals surface area contributed by atoms with E-state index in [1.807, 2.05) is 152 Å². The molecule has 0 spiro atoms. The molecule has 0 fully saturated rings. The molecule has 0 N–H and O–H groups in total. The Morgan fingerprint density at radius 2 is 0.500 bits per heavy atom. The lowest BCUT2D eigenvalue weighted by Crippen LogP contribution is -2.60. The van der Waals surface area contributed by atoms with E-state index < -0.39 is 17.4 Å². The van der Waals surface area contributed by atoms with Crippen LogP contribution in [0.2, 0.25) is 19.6 Å². The van der Waals surface area contributed by atoms with Crippen LogP contribution in [-0.4, -0.2) is 17.4 Å². The van der Waals surface area contributed by atoms with Gasteiger partial charge in [-0.3, -0.25) is 0 Å². The average molecular weight is 567 g/mol. The zero-order chi connectivity index (χ0) is 28.1. The molecule has 5 aromatic carbocycles. The molecule has 40 heavy (non-hydrogen) atoms. The van der Waals surface area contributed by atoms with Crippen molar-refractivity contribution in [3.05, 3.63) is 152 Å². The van der Waals surface area contributed by atoms with Crippen LogP contribution < -0.4 is 22.1 Å². The van der Waals surface area contributed by atoms with E-state index in [1.54, 1.807) is 0 Å². The van der Waals surface area contributed by atoms with Crippen molar-refractivity contribution in [3.63, 3.8) is 0 Å². The van der Waals surface area contributed by atoms with Crippen molar-refractivity contribution in [2.24, 2.45) is 0 Å². The smallest absolute Gasteiger partial charge is 0.544 e. The van der Waals surface area contributed by atoms with Gasteiger partial charge in [-0.05, 0) is 80.3 Å². The van der Waals surface area contributed by atoms with Crippen LogP contribution in [0.4, 0.5) is 0 Å². The topological polar surface area (TPSA) is 46.2 Å². The summed E-state index contributed by atoms with van der Waals surface area (Å²) in [5, 5.41) is 0. The van der Waals surface area contributed by atoms with Crippen LogP contribution in [0.1, 0.15) is 0 Å². The summed E-state index contributed by atoms with van der Waals surface area (Å²) in [6.07, 6.45) is 0. The fourth-order valence-corrected chi connectivity index (χ4v) is 6.29. The van der Waals surface area contributed by atoms with E-state index in [0.717, 1.165) is 5.75 Å². The Balaban J connectivity index is 0.000000283. The van der Waals surface area contributed by atoms with Gasteiger partial charge in [-0.25, -0.2) is 0 Å². The molecule has 0 amide bonds. The second-order valence-corrected chi connectivity index (χ2v) is 15.9. The Morgan fingerprint density at radius 3 is 0.700 bits per heavy atom. The van der Waals surface area contributed by atoms with Gasteiger partial charge in [-0.1, -0.05) is 91.0 Å². The molecule has 0 heterocycles. The first-order valence-corrected chi connectivity index (χ1v) is 18.1. The summed E-state index contributed by atoms with van der Waals surface area (Å²) < 4.78 is 30.9. The molecule has 0 aliphatic heterocycles. The minimum atomic E-state index is -3.76. The Hall–Kier alpha value is -4.47. The molecule has 5 rings (SSSR count). The zero-order valence-corrected chi connectivity index (χ0v) is 25.0. The second kappa shape index (κ2) is 14.1. The average Bonchev–Trinajstić information content (AvgIpc) is 2.95. The molecule has 204 valence electrons. The molecule has 0 aliphatic carbocycles. The molecule has 0 radical (unpaired) electrons. The first-order valence-electron chi connectivity index (χ1n) is 13.1. The van der Waals surface area contributed by atoms with Gasteiger partial charge >= 0.3 is 9.05 Å². The molecule has 5 nitrogen and oxygen atoms in total. The molecule has 0 atom stereocenters. The van der Waals surface area contributed by atoms with E-state index in [1.165, 1.54) is 0 Å². The highest BCUT2D eigenvalue weighted by Crippen LogP contribution is 2.26. The van der Waals surface area contributed by atoms with E-state index in [4.69, 9.17) is 22.1 Å². The van der Waals surface area contributed by atoms with Crippen molar-refractivity contribution >= 4 is 17.4 Å².